The Bertz CT molecular complexity index is 621. The molecule has 2 heterocycles. The molecular weight excluding hydrogens is 312 g/mol. The van der Waals surface area contributed by atoms with Crippen molar-refractivity contribution >= 4 is 11.8 Å². The zero-order chi connectivity index (χ0) is 17.1. The van der Waals surface area contributed by atoms with Crippen LogP contribution in [0.1, 0.15) is 29.6 Å². The van der Waals surface area contributed by atoms with E-state index >= 15 is 0 Å². The van der Waals surface area contributed by atoms with E-state index in [9.17, 15) is 19.8 Å². The lowest BCUT2D eigenvalue weighted by Crippen LogP contribution is -2.45. The number of carbonyl (C=O) groups excluding carboxylic acids is 2. The van der Waals surface area contributed by atoms with Gasteiger partial charge in [0.2, 0.25) is 0 Å². The van der Waals surface area contributed by atoms with Crippen molar-refractivity contribution in [1.82, 2.24) is 10.2 Å². The van der Waals surface area contributed by atoms with Gasteiger partial charge in [-0.05, 0) is 37.5 Å². The summed E-state index contributed by atoms with van der Waals surface area (Å²) >= 11 is 0. The van der Waals surface area contributed by atoms with Gasteiger partial charge in [0.05, 0.1) is 12.1 Å². The third-order valence-electron chi connectivity index (χ3n) is 4.44. The molecule has 0 spiro atoms. The average molecular weight is 334 g/mol. The van der Waals surface area contributed by atoms with Crippen molar-refractivity contribution < 1.29 is 24.5 Å². The van der Waals surface area contributed by atoms with Gasteiger partial charge in [-0.2, -0.15) is 0 Å². The summed E-state index contributed by atoms with van der Waals surface area (Å²) in [5, 5.41) is 22.7. The zero-order valence-electron chi connectivity index (χ0n) is 13.4. The van der Waals surface area contributed by atoms with Crippen LogP contribution in [0.3, 0.4) is 0 Å². The molecule has 0 radical (unpaired) electrons. The molecule has 130 valence electrons. The largest absolute Gasteiger partial charge is 0.491 e. The van der Waals surface area contributed by atoms with E-state index in [1.54, 1.807) is 24.3 Å². The van der Waals surface area contributed by atoms with Crippen LogP contribution >= 0.6 is 0 Å². The van der Waals surface area contributed by atoms with Gasteiger partial charge in [-0.15, -0.1) is 0 Å². The van der Waals surface area contributed by atoms with Gasteiger partial charge in [0, 0.05) is 18.7 Å². The number of nitrogens with one attached hydrogen (secondary N) is 1. The second-order valence-corrected chi connectivity index (χ2v) is 6.29. The molecule has 1 fully saturated rings. The molecule has 2 aliphatic heterocycles. The van der Waals surface area contributed by atoms with Crippen molar-refractivity contribution in [3.63, 3.8) is 0 Å². The van der Waals surface area contributed by atoms with Crippen LogP contribution in [-0.2, 0) is 4.79 Å². The molecule has 7 heteroatoms. The van der Waals surface area contributed by atoms with E-state index in [0.717, 1.165) is 0 Å². The number of hydrogen-bond acceptors (Lipinski definition) is 5. The van der Waals surface area contributed by atoms with Gasteiger partial charge in [0.25, 0.3) is 11.8 Å². The van der Waals surface area contributed by atoms with Crippen molar-refractivity contribution in [1.29, 1.82) is 0 Å². The Balaban J connectivity index is 1.82. The van der Waals surface area contributed by atoms with Crippen LogP contribution in [0.25, 0.3) is 0 Å². The van der Waals surface area contributed by atoms with Crippen molar-refractivity contribution in [2.75, 3.05) is 19.7 Å². The van der Waals surface area contributed by atoms with Gasteiger partial charge in [-0.1, -0.05) is 6.07 Å². The molecule has 1 aromatic carbocycles. The van der Waals surface area contributed by atoms with Crippen LogP contribution in [0.5, 0.6) is 5.75 Å². The summed E-state index contributed by atoms with van der Waals surface area (Å²) in [6, 6.07) is 6.56. The molecule has 7 nitrogen and oxygen atoms in total. The molecule has 1 aromatic rings. The van der Waals surface area contributed by atoms with E-state index in [2.05, 4.69) is 5.32 Å². The first kappa shape index (κ1) is 16.7. The van der Waals surface area contributed by atoms with Crippen LogP contribution in [0.4, 0.5) is 0 Å². The predicted molar refractivity (Wildman–Crippen MR) is 85.6 cm³/mol. The number of nitrogens with zero attached hydrogens (tertiary/aromatic N) is 1. The Morgan fingerprint density at radius 3 is 2.92 bits per heavy atom. The van der Waals surface area contributed by atoms with Gasteiger partial charge < -0.3 is 25.2 Å². The highest BCUT2D eigenvalue weighted by Gasteiger charge is 2.37. The average Bonchev–Trinajstić information content (AvgIpc) is 2.96. The smallest absolute Gasteiger partial charge is 0.251 e. The second-order valence-electron chi connectivity index (χ2n) is 6.29. The summed E-state index contributed by atoms with van der Waals surface area (Å²) in [5.41, 5.74) is 0.504. The van der Waals surface area contributed by atoms with E-state index in [0.29, 0.717) is 30.7 Å². The summed E-state index contributed by atoms with van der Waals surface area (Å²) in [7, 11) is 0. The molecule has 24 heavy (non-hydrogen) atoms. The summed E-state index contributed by atoms with van der Waals surface area (Å²) in [5.74, 6) is -0.0671. The first-order chi connectivity index (χ1) is 11.5. The highest BCUT2D eigenvalue weighted by atomic mass is 16.5. The maximum Gasteiger partial charge on any atom is 0.251 e. The summed E-state index contributed by atoms with van der Waals surface area (Å²) in [6.45, 7) is 0.793. The lowest BCUT2D eigenvalue weighted by atomic mass is 10.1. The molecule has 2 bridgehead atoms. The maximum atomic E-state index is 12.4. The van der Waals surface area contributed by atoms with Crippen molar-refractivity contribution in [2.24, 2.45) is 0 Å². The van der Waals surface area contributed by atoms with E-state index in [1.807, 2.05) is 0 Å². The number of carbonyl (C=O) groups is 2. The SMILES string of the molecule is O=C1NCCC[C@H](O)C(=O)N2C[C@@H](O)C[C@H]2COc2cccc1c2. The quantitative estimate of drug-likeness (QED) is 0.616. The molecule has 0 unspecified atom stereocenters. The summed E-state index contributed by atoms with van der Waals surface area (Å²) < 4.78 is 5.72. The minimum atomic E-state index is -1.13. The number of amides is 2. The van der Waals surface area contributed by atoms with E-state index in [4.69, 9.17) is 4.74 Å². The Kier molecular flexibility index (Phi) is 5.01. The maximum absolute atomic E-state index is 12.4. The lowest BCUT2D eigenvalue weighted by molar-refractivity contribution is -0.142. The normalized spacial score (nSPS) is 28.6. The fraction of sp³-hybridized carbons (Fsp3) is 0.529. The summed E-state index contributed by atoms with van der Waals surface area (Å²) in [4.78, 5) is 26.0. The molecule has 3 atom stereocenters. The highest BCUT2D eigenvalue weighted by molar-refractivity contribution is 5.94. The number of hydrogen-bond donors (Lipinski definition) is 3. The highest BCUT2D eigenvalue weighted by Crippen LogP contribution is 2.22. The molecule has 3 rings (SSSR count). The van der Waals surface area contributed by atoms with Gasteiger partial charge in [-0.25, -0.2) is 0 Å². The minimum Gasteiger partial charge on any atom is -0.491 e. The minimum absolute atomic E-state index is 0.209. The van der Waals surface area contributed by atoms with Gasteiger partial charge in [0.15, 0.2) is 0 Å². The molecule has 0 aromatic heterocycles. The fourth-order valence-electron chi connectivity index (χ4n) is 3.15. The molecule has 2 aliphatic rings. The van der Waals surface area contributed by atoms with Gasteiger partial charge >= 0.3 is 0 Å². The molecule has 1 saturated heterocycles. The third-order valence-corrected chi connectivity index (χ3v) is 4.44. The first-order valence-electron chi connectivity index (χ1n) is 8.22. The number of aliphatic hydroxyl groups is 2. The molecule has 0 saturated carbocycles. The van der Waals surface area contributed by atoms with Crippen LogP contribution in [-0.4, -0.2) is 64.9 Å². The van der Waals surface area contributed by atoms with E-state index < -0.39 is 18.1 Å². The Morgan fingerprint density at radius 2 is 2.08 bits per heavy atom. The number of benzene rings is 1. The van der Waals surface area contributed by atoms with Crippen LogP contribution in [0.2, 0.25) is 0 Å². The van der Waals surface area contributed by atoms with Gasteiger partial charge in [0.1, 0.15) is 18.5 Å². The molecule has 3 N–H and O–H groups in total. The molecular formula is C17H22N2O5. The van der Waals surface area contributed by atoms with Crippen molar-refractivity contribution in [3.05, 3.63) is 29.8 Å². The zero-order valence-corrected chi connectivity index (χ0v) is 13.4. The number of aliphatic hydroxyl groups excluding tert-OH is 2. The van der Waals surface area contributed by atoms with Crippen LogP contribution < -0.4 is 10.1 Å². The predicted octanol–water partition coefficient (Wildman–Crippen LogP) is -0.0883. The van der Waals surface area contributed by atoms with Crippen molar-refractivity contribution in [3.8, 4) is 5.75 Å². The van der Waals surface area contributed by atoms with E-state index in [1.165, 1.54) is 4.90 Å². The standard InChI is InChI=1S/C17H22N2O5/c20-13-8-12-10-24-14-4-1-3-11(7-14)16(22)18-6-2-5-15(21)17(23)19(12)9-13/h1,3-4,7,12-13,15,20-21H,2,5-6,8-10H2,(H,18,22)/t12-,13-,15-/m0/s1. The fourth-order valence-corrected chi connectivity index (χ4v) is 3.15. The van der Waals surface area contributed by atoms with Crippen molar-refractivity contribution in [2.45, 2.75) is 37.5 Å². The lowest BCUT2D eigenvalue weighted by Gasteiger charge is -2.27. The Hall–Kier alpha value is -2.12. The third kappa shape index (κ3) is 3.68. The number of rotatable bonds is 0. The summed E-state index contributed by atoms with van der Waals surface area (Å²) in [6.07, 6.45) is -0.566. The topological polar surface area (TPSA) is 99.1 Å². The number of ether oxygens (including phenoxy) is 1. The Labute approximate surface area is 140 Å². The second kappa shape index (κ2) is 7.19. The monoisotopic (exact) mass is 334 g/mol. The Morgan fingerprint density at radius 1 is 1.25 bits per heavy atom. The van der Waals surface area contributed by atoms with Gasteiger partial charge in [-0.3, -0.25) is 9.59 Å². The molecule has 2 amide bonds. The first-order valence-corrected chi connectivity index (χ1v) is 8.22. The van der Waals surface area contributed by atoms with Crippen LogP contribution in [0.15, 0.2) is 24.3 Å². The van der Waals surface area contributed by atoms with Crippen LogP contribution in [0, 0.1) is 0 Å². The van der Waals surface area contributed by atoms with E-state index in [-0.39, 0.29) is 31.5 Å². The molecule has 0 aliphatic carbocycles. The number of fused-ring (bicyclic) bond motifs is 3.